The van der Waals surface area contributed by atoms with Crippen LogP contribution in [0.1, 0.15) is 43.0 Å². The highest BCUT2D eigenvalue weighted by Crippen LogP contribution is 2.26. The Balaban J connectivity index is 2.25. The molecule has 0 aromatic heterocycles. The summed E-state index contributed by atoms with van der Waals surface area (Å²) in [4.78, 5) is 13.9. The number of nitrogens with zero attached hydrogens (tertiary/aromatic N) is 1. The van der Waals surface area contributed by atoms with Crippen LogP contribution in [-0.2, 0) is 0 Å². The number of carbonyl (C=O) groups is 1. The van der Waals surface area contributed by atoms with Crippen molar-refractivity contribution in [2.75, 3.05) is 24.5 Å². The molecule has 1 aliphatic heterocycles. The van der Waals surface area contributed by atoms with Crippen molar-refractivity contribution in [3.05, 3.63) is 28.8 Å². The van der Waals surface area contributed by atoms with Gasteiger partial charge in [-0.05, 0) is 44.0 Å². The van der Waals surface area contributed by atoms with Gasteiger partial charge in [0.2, 0.25) is 0 Å². The maximum atomic E-state index is 11.7. The molecule has 1 aliphatic rings. The highest BCUT2D eigenvalue weighted by Gasteiger charge is 2.21. The standard InChI is InChI=1S/C16H24ClN3O/c1-2-3-9-20(11-13-5-4-8-19-13)15-10-12(17)6-7-14(15)16(18)21/h6-7,10,13,19H,2-5,8-9,11H2,1H3,(H2,18,21). The van der Waals surface area contributed by atoms with Crippen molar-refractivity contribution < 1.29 is 4.79 Å². The van der Waals surface area contributed by atoms with Crippen LogP contribution in [0.3, 0.4) is 0 Å². The molecule has 3 N–H and O–H groups in total. The molecule has 1 fully saturated rings. The second-order valence-corrected chi connectivity index (χ2v) is 6.06. The molecule has 1 aromatic carbocycles. The summed E-state index contributed by atoms with van der Waals surface area (Å²) in [5, 5.41) is 4.14. The monoisotopic (exact) mass is 309 g/mol. The smallest absolute Gasteiger partial charge is 0.250 e. The third-order valence-electron chi connectivity index (χ3n) is 3.95. The van der Waals surface area contributed by atoms with Gasteiger partial charge in [0.25, 0.3) is 5.91 Å². The Bertz CT molecular complexity index is 486. The Labute approximate surface area is 131 Å². The van der Waals surface area contributed by atoms with Crippen molar-refractivity contribution in [1.29, 1.82) is 0 Å². The van der Waals surface area contributed by atoms with Crippen LogP contribution in [0.2, 0.25) is 5.02 Å². The lowest BCUT2D eigenvalue weighted by Crippen LogP contribution is -2.39. The van der Waals surface area contributed by atoms with Crippen molar-refractivity contribution >= 4 is 23.2 Å². The SMILES string of the molecule is CCCCN(CC1CCCN1)c1cc(Cl)ccc1C(N)=O. The molecule has 1 atom stereocenters. The Hall–Kier alpha value is -1.26. The predicted molar refractivity (Wildman–Crippen MR) is 88.1 cm³/mol. The highest BCUT2D eigenvalue weighted by atomic mass is 35.5. The largest absolute Gasteiger partial charge is 0.369 e. The quantitative estimate of drug-likeness (QED) is 0.814. The molecule has 4 nitrogen and oxygen atoms in total. The van der Waals surface area contributed by atoms with Gasteiger partial charge in [-0.1, -0.05) is 24.9 Å². The molecule has 116 valence electrons. The van der Waals surface area contributed by atoms with Crippen molar-refractivity contribution in [2.45, 2.75) is 38.6 Å². The van der Waals surface area contributed by atoms with Crippen LogP contribution < -0.4 is 16.0 Å². The van der Waals surface area contributed by atoms with Gasteiger partial charge in [-0.3, -0.25) is 4.79 Å². The van der Waals surface area contributed by atoms with Gasteiger partial charge in [0.15, 0.2) is 0 Å². The van der Waals surface area contributed by atoms with E-state index in [1.54, 1.807) is 12.1 Å². The summed E-state index contributed by atoms with van der Waals surface area (Å²) >= 11 is 6.12. The number of amides is 1. The highest BCUT2D eigenvalue weighted by molar-refractivity contribution is 6.31. The number of carbonyl (C=O) groups excluding carboxylic acids is 1. The van der Waals surface area contributed by atoms with E-state index in [1.807, 2.05) is 6.07 Å². The van der Waals surface area contributed by atoms with Gasteiger partial charge in [0.05, 0.1) is 11.3 Å². The van der Waals surface area contributed by atoms with E-state index in [4.69, 9.17) is 17.3 Å². The second-order valence-electron chi connectivity index (χ2n) is 5.62. The van der Waals surface area contributed by atoms with Gasteiger partial charge < -0.3 is 16.0 Å². The summed E-state index contributed by atoms with van der Waals surface area (Å²) in [6.07, 6.45) is 4.58. The van der Waals surface area contributed by atoms with E-state index in [0.717, 1.165) is 38.2 Å². The van der Waals surface area contributed by atoms with E-state index < -0.39 is 5.91 Å². The Morgan fingerprint density at radius 3 is 2.95 bits per heavy atom. The van der Waals surface area contributed by atoms with Crippen LogP contribution in [0.15, 0.2) is 18.2 Å². The molecule has 21 heavy (non-hydrogen) atoms. The van der Waals surface area contributed by atoms with E-state index in [-0.39, 0.29) is 0 Å². The number of hydrogen-bond donors (Lipinski definition) is 2. The number of nitrogens with one attached hydrogen (secondary N) is 1. The molecule has 1 unspecified atom stereocenters. The van der Waals surface area contributed by atoms with Gasteiger partial charge in [-0.15, -0.1) is 0 Å². The molecule has 0 aliphatic carbocycles. The summed E-state index contributed by atoms with van der Waals surface area (Å²) in [6.45, 7) is 5.04. The fourth-order valence-corrected chi connectivity index (χ4v) is 2.98. The number of benzene rings is 1. The number of anilines is 1. The fraction of sp³-hybridized carbons (Fsp3) is 0.562. The molecule has 0 spiro atoms. The van der Waals surface area contributed by atoms with Crippen molar-refractivity contribution in [2.24, 2.45) is 5.73 Å². The summed E-state index contributed by atoms with van der Waals surface area (Å²) < 4.78 is 0. The minimum atomic E-state index is -0.400. The van der Waals surface area contributed by atoms with Crippen LogP contribution in [0, 0.1) is 0 Å². The van der Waals surface area contributed by atoms with Gasteiger partial charge in [0, 0.05) is 24.2 Å². The molecule has 1 saturated heterocycles. The van der Waals surface area contributed by atoms with Gasteiger partial charge in [-0.25, -0.2) is 0 Å². The lowest BCUT2D eigenvalue weighted by atomic mass is 10.1. The zero-order valence-corrected chi connectivity index (χ0v) is 13.3. The Morgan fingerprint density at radius 2 is 2.33 bits per heavy atom. The molecule has 1 amide bonds. The first kappa shape index (κ1) is 16.1. The van der Waals surface area contributed by atoms with Crippen LogP contribution in [0.25, 0.3) is 0 Å². The van der Waals surface area contributed by atoms with Crippen LogP contribution in [-0.4, -0.2) is 31.6 Å². The maximum absolute atomic E-state index is 11.7. The number of nitrogens with two attached hydrogens (primary N) is 1. The zero-order valence-electron chi connectivity index (χ0n) is 12.6. The zero-order chi connectivity index (χ0) is 15.2. The summed E-state index contributed by atoms with van der Waals surface area (Å²) in [6, 6.07) is 5.77. The topological polar surface area (TPSA) is 58.4 Å². The molecular formula is C16H24ClN3O. The Kier molecular flexibility index (Phi) is 5.88. The third kappa shape index (κ3) is 4.35. The lowest BCUT2D eigenvalue weighted by Gasteiger charge is -2.29. The van der Waals surface area contributed by atoms with Crippen molar-refractivity contribution in [3.8, 4) is 0 Å². The van der Waals surface area contributed by atoms with Gasteiger partial charge in [0.1, 0.15) is 0 Å². The number of halogens is 1. The molecule has 0 radical (unpaired) electrons. The molecule has 5 heteroatoms. The lowest BCUT2D eigenvalue weighted by molar-refractivity contribution is 0.100. The average Bonchev–Trinajstić information content (AvgIpc) is 2.96. The van der Waals surface area contributed by atoms with E-state index >= 15 is 0 Å². The summed E-state index contributed by atoms with van der Waals surface area (Å²) in [5.41, 5.74) is 6.92. The molecule has 1 aromatic rings. The van der Waals surface area contributed by atoms with E-state index in [2.05, 4.69) is 17.1 Å². The van der Waals surface area contributed by atoms with E-state index in [9.17, 15) is 4.79 Å². The van der Waals surface area contributed by atoms with E-state index in [0.29, 0.717) is 16.6 Å². The van der Waals surface area contributed by atoms with Crippen molar-refractivity contribution in [3.63, 3.8) is 0 Å². The first-order chi connectivity index (χ1) is 10.1. The minimum Gasteiger partial charge on any atom is -0.369 e. The number of unbranched alkanes of at least 4 members (excludes halogenated alkanes) is 1. The maximum Gasteiger partial charge on any atom is 0.250 e. The molecule has 0 saturated carbocycles. The third-order valence-corrected chi connectivity index (χ3v) is 4.19. The van der Waals surface area contributed by atoms with Crippen LogP contribution >= 0.6 is 11.6 Å². The first-order valence-corrected chi connectivity index (χ1v) is 8.07. The Morgan fingerprint density at radius 1 is 1.52 bits per heavy atom. The summed E-state index contributed by atoms with van der Waals surface area (Å²) in [7, 11) is 0. The summed E-state index contributed by atoms with van der Waals surface area (Å²) in [5.74, 6) is -0.400. The molecule has 0 bridgehead atoms. The average molecular weight is 310 g/mol. The van der Waals surface area contributed by atoms with Gasteiger partial charge >= 0.3 is 0 Å². The number of primary amides is 1. The second kappa shape index (κ2) is 7.66. The first-order valence-electron chi connectivity index (χ1n) is 7.69. The minimum absolute atomic E-state index is 0.400. The van der Waals surface area contributed by atoms with Crippen molar-refractivity contribution in [1.82, 2.24) is 5.32 Å². The predicted octanol–water partition coefficient (Wildman–Crippen LogP) is 2.80. The fourth-order valence-electron chi connectivity index (χ4n) is 2.81. The normalized spacial score (nSPS) is 17.9. The molecular weight excluding hydrogens is 286 g/mol. The molecule has 2 rings (SSSR count). The molecule has 1 heterocycles. The number of hydrogen-bond acceptors (Lipinski definition) is 3. The van der Waals surface area contributed by atoms with Crippen LogP contribution in [0.4, 0.5) is 5.69 Å². The van der Waals surface area contributed by atoms with Crippen LogP contribution in [0.5, 0.6) is 0 Å². The van der Waals surface area contributed by atoms with E-state index in [1.165, 1.54) is 12.8 Å². The van der Waals surface area contributed by atoms with Gasteiger partial charge in [-0.2, -0.15) is 0 Å². The number of rotatable bonds is 7.